The Bertz CT molecular complexity index is 1340. The normalized spacial score (nSPS) is 11.4. The summed E-state index contributed by atoms with van der Waals surface area (Å²) >= 11 is 0. The lowest BCUT2D eigenvalue weighted by atomic mass is 10.0. The van der Waals surface area contributed by atoms with E-state index in [-0.39, 0.29) is 18.4 Å². The first-order chi connectivity index (χ1) is 17.9. The fourth-order valence-electron chi connectivity index (χ4n) is 3.93. The highest BCUT2D eigenvalue weighted by atomic mass is 16.3. The number of rotatable bonds is 9. The van der Waals surface area contributed by atoms with Crippen molar-refractivity contribution in [1.29, 1.82) is 0 Å². The molecule has 3 N–H and O–H groups in total. The number of hydrogen-bond acceptors (Lipinski definition) is 5. The molecule has 0 bridgehead atoms. The van der Waals surface area contributed by atoms with Crippen LogP contribution in [-0.2, 0) is 6.54 Å². The van der Waals surface area contributed by atoms with Crippen LogP contribution < -0.4 is 15.5 Å². The molecule has 0 aliphatic heterocycles. The second kappa shape index (κ2) is 12.0. The van der Waals surface area contributed by atoms with Crippen molar-refractivity contribution >= 4 is 17.5 Å². The molecule has 37 heavy (non-hydrogen) atoms. The van der Waals surface area contributed by atoms with Crippen LogP contribution in [0.3, 0.4) is 0 Å². The molecule has 188 valence electrons. The van der Waals surface area contributed by atoms with Crippen LogP contribution in [0.5, 0.6) is 0 Å². The van der Waals surface area contributed by atoms with Crippen LogP contribution >= 0.6 is 0 Å². The van der Waals surface area contributed by atoms with Gasteiger partial charge in [-0.1, -0.05) is 36.4 Å². The number of aliphatic hydroxyl groups is 1. The predicted molar refractivity (Wildman–Crippen MR) is 145 cm³/mol. The molecule has 1 heterocycles. The van der Waals surface area contributed by atoms with Gasteiger partial charge < -0.3 is 20.6 Å². The number of carbonyl (C=O) groups is 2. The zero-order chi connectivity index (χ0) is 26.2. The summed E-state index contributed by atoms with van der Waals surface area (Å²) in [4.78, 5) is 31.7. The van der Waals surface area contributed by atoms with Crippen molar-refractivity contribution in [3.63, 3.8) is 0 Å². The highest BCUT2D eigenvalue weighted by Gasteiger charge is 2.17. The van der Waals surface area contributed by atoms with Crippen LogP contribution in [0.25, 0.3) is 11.1 Å². The molecular weight excluding hydrogens is 464 g/mol. The Hall–Kier alpha value is -4.49. The van der Waals surface area contributed by atoms with Crippen LogP contribution in [0.2, 0.25) is 0 Å². The Balaban J connectivity index is 1.39. The summed E-state index contributed by atoms with van der Waals surface area (Å²) in [5.41, 5.74) is 5.64. The predicted octanol–water partition coefficient (Wildman–Crippen LogP) is 4.21. The number of amides is 2. The van der Waals surface area contributed by atoms with E-state index in [1.165, 1.54) is 0 Å². The molecule has 1 atom stereocenters. The van der Waals surface area contributed by atoms with Crippen LogP contribution in [0.1, 0.15) is 37.9 Å². The van der Waals surface area contributed by atoms with E-state index in [0.29, 0.717) is 23.2 Å². The molecule has 2 amide bonds. The highest BCUT2D eigenvalue weighted by Crippen LogP contribution is 2.20. The minimum atomic E-state index is -0.654. The van der Waals surface area contributed by atoms with Gasteiger partial charge in [0, 0.05) is 49.8 Å². The van der Waals surface area contributed by atoms with Gasteiger partial charge in [-0.3, -0.25) is 14.6 Å². The largest absolute Gasteiger partial charge is 0.394 e. The van der Waals surface area contributed by atoms with Gasteiger partial charge in [-0.15, -0.1) is 0 Å². The van der Waals surface area contributed by atoms with E-state index in [1.807, 2.05) is 67.5 Å². The summed E-state index contributed by atoms with van der Waals surface area (Å²) in [6.07, 6.45) is 3.44. The van der Waals surface area contributed by atoms with Crippen molar-refractivity contribution in [2.24, 2.45) is 0 Å². The summed E-state index contributed by atoms with van der Waals surface area (Å²) < 4.78 is 0. The lowest BCUT2D eigenvalue weighted by Crippen LogP contribution is -2.31. The summed E-state index contributed by atoms with van der Waals surface area (Å²) in [5, 5.41) is 15.8. The average Bonchev–Trinajstić information content (AvgIpc) is 2.95. The Morgan fingerprint density at radius 2 is 1.51 bits per heavy atom. The molecule has 0 aliphatic rings. The molecular formula is C30H30N4O3. The van der Waals surface area contributed by atoms with Gasteiger partial charge in [0.2, 0.25) is 0 Å². The average molecular weight is 495 g/mol. The van der Waals surface area contributed by atoms with Gasteiger partial charge in [-0.25, -0.2) is 0 Å². The van der Waals surface area contributed by atoms with Gasteiger partial charge in [0.15, 0.2) is 0 Å². The van der Waals surface area contributed by atoms with Crippen LogP contribution in [0.4, 0.5) is 5.69 Å². The van der Waals surface area contributed by atoms with Gasteiger partial charge in [-0.2, -0.15) is 0 Å². The minimum absolute atomic E-state index is 0.228. The maximum Gasteiger partial charge on any atom is 0.251 e. The van der Waals surface area contributed by atoms with E-state index in [1.54, 1.807) is 48.8 Å². The summed E-state index contributed by atoms with van der Waals surface area (Å²) in [7, 11) is 3.96. The van der Waals surface area contributed by atoms with Crippen molar-refractivity contribution < 1.29 is 14.7 Å². The van der Waals surface area contributed by atoms with E-state index in [9.17, 15) is 14.7 Å². The molecule has 3 aromatic carbocycles. The number of hydrogen-bond donors (Lipinski definition) is 3. The summed E-state index contributed by atoms with van der Waals surface area (Å²) in [6, 6.07) is 25.3. The fourth-order valence-corrected chi connectivity index (χ4v) is 3.93. The molecule has 1 aromatic heterocycles. The number of benzene rings is 3. The number of pyridine rings is 1. The molecule has 7 nitrogen and oxygen atoms in total. The Labute approximate surface area is 216 Å². The van der Waals surface area contributed by atoms with Gasteiger partial charge in [-0.05, 0) is 70.8 Å². The molecule has 0 saturated heterocycles. The standard InChI is InChI=1S/C30H30N4O3/c1-34(2)27-12-6-21(7-13-27)19-32-29(36)26-5-3-4-25(18-26)28(20-35)33-30(37)24-10-8-22(9-11-24)23-14-16-31-17-15-23/h3-18,28,35H,19-20H2,1-2H3,(H,32,36)(H,33,37)/t28-/m1/s1. The van der Waals surface area contributed by atoms with Crippen molar-refractivity contribution in [3.05, 3.63) is 120 Å². The Kier molecular flexibility index (Phi) is 8.28. The first-order valence-electron chi connectivity index (χ1n) is 12.0. The van der Waals surface area contributed by atoms with Crippen molar-refractivity contribution in [1.82, 2.24) is 15.6 Å². The van der Waals surface area contributed by atoms with Gasteiger partial charge in [0.05, 0.1) is 12.6 Å². The van der Waals surface area contributed by atoms with E-state index >= 15 is 0 Å². The van der Waals surface area contributed by atoms with Gasteiger partial charge in [0.1, 0.15) is 0 Å². The maximum absolute atomic E-state index is 12.9. The van der Waals surface area contributed by atoms with E-state index in [0.717, 1.165) is 22.4 Å². The summed E-state index contributed by atoms with van der Waals surface area (Å²) in [6.45, 7) is 0.0938. The third-order valence-corrected chi connectivity index (χ3v) is 6.11. The number of carbonyl (C=O) groups excluding carboxylic acids is 2. The molecule has 0 radical (unpaired) electrons. The first kappa shape index (κ1) is 25.6. The lowest BCUT2D eigenvalue weighted by Gasteiger charge is -2.18. The number of aromatic nitrogens is 1. The quantitative estimate of drug-likeness (QED) is 0.324. The molecule has 0 saturated carbocycles. The molecule has 0 aliphatic carbocycles. The SMILES string of the molecule is CN(C)c1ccc(CNC(=O)c2cccc([C@@H](CO)NC(=O)c3ccc(-c4ccncc4)cc3)c2)cc1. The van der Waals surface area contributed by atoms with Crippen molar-refractivity contribution in [3.8, 4) is 11.1 Å². The zero-order valence-electron chi connectivity index (χ0n) is 20.9. The zero-order valence-corrected chi connectivity index (χ0v) is 20.9. The topological polar surface area (TPSA) is 94.6 Å². The number of anilines is 1. The van der Waals surface area contributed by atoms with Crippen LogP contribution in [0.15, 0.2) is 97.3 Å². The molecule has 4 aromatic rings. The lowest BCUT2D eigenvalue weighted by molar-refractivity contribution is 0.0916. The highest BCUT2D eigenvalue weighted by molar-refractivity contribution is 5.95. The molecule has 0 unspecified atom stereocenters. The maximum atomic E-state index is 12.9. The minimum Gasteiger partial charge on any atom is -0.394 e. The summed E-state index contributed by atoms with van der Waals surface area (Å²) in [5.74, 6) is -0.537. The smallest absolute Gasteiger partial charge is 0.251 e. The van der Waals surface area contributed by atoms with Gasteiger partial charge >= 0.3 is 0 Å². The Morgan fingerprint density at radius 1 is 0.838 bits per heavy atom. The first-order valence-corrected chi connectivity index (χ1v) is 12.0. The van der Waals surface area contributed by atoms with E-state index < -0.39 is 6.04 Å². The van der Waals surface area contributed by atoms with Gasteiger partial charge in [0.25, 0.3) is 11.8 Å². The molecule has 0 spiro atoms. The molecule has 4 rings (SSSR count). The molecule has 0 fully saturated rings. The second-order valence-electron chi connectivity index (χ2n) is 8.89. The van der Waals surface area contributed by atoms with Crippen LogP contribution in [-0.4, -0.2) is 42.6 Å². The van der Waals surface area contributed by atoms with Crippen molar-refractivity contribution in [2.45, 2.75) is 12.6 Å². The second-order valence-corrected chi connectivity index (χ2v) is 8.89. The Morgan fingerprint density at radius 3 is 2.16 bits per heavy atom. The van der Waals surface area contributed by atoms with E-state index in [4.69, 9.17) is 0 Å². The number of aliphatic hydroxyl groups excluding tert-OH is 1. The molecule has 7 heteroatoms. The fraction of sp³-hybridized carbons (Fsp3) is 0.167. The van der Waals surface area contributed by atoms with Crippen molar-refractivity contribution in [2.75, 3.05) is 25.6 Å². The number of nitrogens with one attached hydrogen (secondary N) is 2. The monoisotopic (exact) mass is 494 g/mol. The third kappa shape index (κ3) is 6.59. The number of nitrogens with zero attached hydrogens (tertiary/aromatic N) is 2. The van der Waals surface area contributed by atoms with Crippen LogP contribution in [0, 0.1) is 0 Å². The van der Waals surface area contributed by atoms with E-state index in [2.05, 4.69) is 15.6 Å². The third-order valence-electron chi connectivity index (χ3n) is 6.11.